The highest BCUT2D eigenvalue weighted by Crippen LogP contribution is 2.28. The van der Waals surface area contributed by atoms with Gasteiger partial charge in [-0.3, -0.25) is 4.79 Å². The lowest BCUT2D eigenvalue weighted by Crippen LogP contribution is -2.48. The van der Waals surface area contributed by atoms with E-state index in [1.807, 2.05) is 58.0 Å². The number of hydrogen-bond donors (Lipinski definition) is 2. The predicted octanol–water partition coefficient (Wildman–Crippen LogP) is 4.26. The van der Waals surface area contributed by atoms with Gasteiger partial charge in [0.15, 0.2) is 0 Å². The summed E-state index contributed by atoms with van der Waals surface area (Å²) in [4.78, 5) is 32.0. The van der Waals surface area contributed by atoms with Crippen molar-refractivity contribution in [1.82, 2.24) is 19.4 Å². The van der Waals surface area contributed by atoms with Crippen LogP contribution in [0.15, 0.2) is 59.4 Å². The Morgan fingerprint density at radius 3 is 2.74 bits per heavy atom. The molecule has 1 amide bonds. The number of anilines is 1. The molecule has 204 valence electrons. The molecule has 0 unspecified atom stereocenters. The number of nitrogens with one attached hydrogen (secondary N) is 1. The molecule has 0 aliphatic carbocycles. The third-order valence-corrected chi connectivity index (χ3v) is 7.33. The van der Waals surface area contributed by atoms with Gasteiger partial charge in [-0.1, -0.05) is 35.9 Å². The first-order valence-corrected chi connectivity index (χ1v) is 13.1. The second kappa shape index (κ2) is 11.3. The van der Waals surface area contributed by atoms with E-state index in [1.165, 1.54) is 0 Å². The fourth-order valence-corrected chi connectivity index (χ4v) is 5.15. The van der Waals surface area contributed by atoms with Gasteiger partial charge in [0, 0.05) is 37.3 Å². The topological polar surface area (TPSA) is 111 Å². The van der Waals surface area contributed by atoms with E-state index in [-0.39, 0.29) is 18.2 Å². The molecule has 10 nitrogen and oxygen atoms in total. The van der Waals surface area contributed by atoms with Crippen molar-refractivity contribution in [1.29, 1.82) is 0 Å². The predicted molar refractivity (Wildman–Crippen MR) is 149 cm³/mol. The largest absolute Gasteiger partial charge is 0.497 e. The highest BCUT2D eigenvalue weighted by molar-refractivity contribution is 6.31. The molecule has 0 radical (unpaired) electrons. The molecule has 2 aromatic heterocycles. The lowest BCUT2D eigenvalue weighted by molar-refractivity contribution is 0.188. The third-order valence-electron chi connectivity index (χ3n) is 6.96. The Labute approximate surface area is 230 Å². The Balaban J connectivity index is 1.55. The molecule has 2 N–H and O–H groups in total. The van der Waals surface area contributed by atoms with Gasteiger partial charge in [0.25, 0.3) is 5.56 Å². The highest BCUT2D eigenvalue weighted by atomic mass is 35.5. The van der Waals surface area contributed by atoms with Crippen LogP contribution in [0.2, 0.25) is 5.02 Å². The van der Waals surface area contributed by atoms with E-state index in [0.717, 1.165) is 18.4 Å². The second-order valence-corrected chi connectivity index (χ2v) is 9.93. The average Bonchev–Trinajstić information content (AvgIpc) is 3.29. The molecule has 5 rings (SSSR count). The van der Waals surface area contributed by atoms with Gasteiger partial charge < -0.3 is 33.9 Å². The minimum atomic E-state index is -1.05. The summed E-state index contributed by atoms with van der Waals surface area (Å²) < 4.78 is 14.7. The van der Waals surface area contributed by atoms with Gasteiger partial charge in [0.05, 0.1) is 24.9 Å². The van der Waals surface area contributed by atoms with Crippen molar-refractivity contribution in [3.05, 3.63) is 81.2 Å². The summed E-state index contributed by atoms with van der Waals surface area (Å²) in [5.41, 5.74) is 2.29. The number of hydrogen-bond acceptors (Lipinski definition) is 6. The number of benzene rings is 2. The second-order valence-electron chi connectivity index (χ2n) is 9.53. The first kappa shape index (κ1) is 26.4. The molecule has 1 atom stereocenters. The van der Waals surface area contributed by atoms with Gasteiger partial charge in [-0.15, -0.1) is 0 Å². The number of ether oxygens (including phenoxy) is 2. The summed E-state index contributed by atoms with van der Waals surface area (Å²) in [7, 11) is 3.31. The fraction of sp³-hybridized carbons (Fsp3) is 0.321. The quantitative estimate of drug-likeness (QED) is 0.336. The summed E-state index contributed by atoms with van der Waals surface area (Å²) in [5, 5.41) is 12.4. The first-order valence-electron chi connectivity index (χ1n) is 12.7. The molecule has 0 spiro atoms. The standard InChI is InChI=1S/C28H30ClN5O5/c1-32-20(17-39-22-10-5-9-21(14-22)38-2)13-24-25(26(32)35)34(15-18-7-3-4-11-23(18)29)27(31-24)33-12-6-8-19(16-33)30-28(36)37/h3-5,7,9-11,13-14,19,30H,6,8,12,15-17H2,1-2H3,(H,36,37)/t19-/m1/s1. The van der Waals surface area contributed by atoms with E-state index in [2.05, 4.69) is 5.32 Å². The van der Waals surface area contributed by atoms with Gasteiger partial charge >= 0.3 is 6.09 Å². The van der Waals surface area contributed by atoms with Crippen molar-refractivity contribution in [2.75, 3.05) is 25.1 Å². The molecular formula is C28H30ClN5O5. The number of nitrogens with zero attached hydrogens (tertiary/aromatic N) is 4. The number of halogens is 1. The first-order chi connectivity index (χ1) is 18.8. The number of carboxylic acid groups (broad SMARTS) is 1. The summed E-state index contributed by atoms with van der Waals surface area (Å²) in [5.74, 6) is 1.90. The molecule has 1 fully saturated rings. The van der Waals surface area contributed by atoms with E-state index in [0.29, 0.717) is 58.8 Å². The number of rotatable bonds is 8. The third kappa shape index (κ3) is 5.65. The van der Waals surface area contributed by atoms with Crippen LogP contribution in [-0.4, -0.2) is 51.6 Å². The van der Waals surface area contributed by atoms with Crippen LogP contribution in [0.5, 0.6) is 11.5 Å². The van der Waals surface area contributed by atoms with Crippen LogP contribution in [0.25, 0.3) is 11.0 Å². The van der Waals surface area contributed by atoms with Gasteiger partial charge in [-0.2, -0.15) is 0 Å². The molecule has 2 aromatic carbocycles. The Morgan fingerprint density at radius 1 is 1.18 bits per heavy atom. The van der Waals surface area contributed by atoms with Crippen LogP contribution in [0.1, 0.15) is 24.1 Å². The van der Waals surface area contributed by atoms with Crippen molar-refractivity contribution in [3.63, 3.8) is 0 Å². The molecule has 0 bridgehead atoms. The number of pyridine rings is 1. The van der Waals surface area contributed by atoms with Crippen LogP contribution in [0, 0.1) is 0 Å². The number of fused-ring (bicyclic) bond motifs is 1. The van der Waals surface area contributed by atoms with Crippen molar-refractivity contribution in [2.24, 2.45) is 7.05 Å². The van der Waals surface area contributed by atoms with Crippen LogP contribution in [-0.2, 0) is 20.2 Å². The van der Waals surface area contributed by atoms with Crippen LogP contribution in [0.3, 0.4) is 0 Å². The summed E-state index contributed by atoms with van der Waals surface area (Å²) in [6.45, 7) is 1.64. The van der Waals surface area contributed by atoms with Crippen molar-refractivity contribution < 1.29 is 19.4 Å². The average molecular weight is 552 g/mol. The number of piperidine rings is 1. The number of carbonyl (C=O) groups is 1. The van der Waals surface area contributed by atoms with Crippen LogP contribution >= 0.6 is 11.6 Å². The molecule has 0 saturated carbocycles. The minimum Gasteiger partial charge on any atom is -0.497 e. The molecule has 11 heteroatoms. The summed E-state index contributed by atoms with van der Waals surface area (Å²) >= 11 is 6.50. The van der Waals surface area contributed by atoms with Gasteiger partial charge in [0.1, 0.15) is 23.6 Å². The SMILES string of the molecule is COc1cccc(OCc2cc3nc(N4CCC[C@@H](NC(=O)O)C4)n(Cc4ccccc4Cl)c3c(=O)n2C)c1. The highest BCUT2D eigenvalue weighted by Gasteiger charge is 2.27. The molecule has 4 aromatic rings. The zero-order valence-electron chi connectivity index (χ0n) is 21.8. The molecule has 39 heavy (non-hydrogen) atoms. The molecule has 1 aliphatic rings. The van der Waals surface area contributed by atoms with E-state index in [1.54, 1.807) is 24.8 Å². The molecular weight excluding hydrogens is 522 g/mol. The van der Waals surface area contributed by atoms with Gasteiger partial charge in [-0.25, -0.2) is 9.78 Å². The number of amides is 1. The maximum Gasteiger partial charge on any atom is 0.404 e. The van der Waals surface area contributed by atoms with Crippen molar-refractivity contribution in [3.8, 4) is 11.5 Å². The van der Waals surface area contributed by atoms with E-state index >= 15 is 0 Å². The van der Waals surface area contributed by atoms with E-state index in [4.69, 9.17) is 26.1 Å². The Hall–Kier alpha value is -4.18. The van der Waals surface area contributed by atoms with E-state index < -0.39 is 6.09 Å². The monoisotopic (exact) mass is 551 g/mol. The molecule has 1 aliphatic heterocycles. The number of aromatic nitrogens is 3. The minimum absolute atomic E-state index is 0.163. The van der Waals surface area contributed by atoms with Crippen molar-refractivity contribution >= 4 is 34.7 Å². The summed E-state index contributed by atoms with van der Waals surface area (Å²) in [6.07, 6.45) is 0.472. The lowest BCUT2D eigenvalue weighted by atomic mass is 10.1. The van der Waals surface area contributed by atoms with Gasteiger partial charge in [-0.05, 0) is 42.7 Å². The normalized spacial score (nSPS) is 15.4. The zero-order chi connectivity index (χ0) is 27.5. The Bertz CT molecular complexity index is 1570. The molecule has 1 saturated heterocycles. The summed E-state index contributed by atoms with van der Waals surface area (Å²) in [6, 6.07) is 16.4. The van der Waals surface area contributed by atoms with E-state index in [9.17, 15) is 14.7 Å². The smallest absolute Gasteiger partial charge is 0.404 e. The lowest BCUT2D eigenvalue weighted by Gasteiger charge is -2.33. The van der Waals surface area contributed by atoms with Crippen molar-refractivity contribution in [2.45, 2.75) is 32.0 Å². The fourth-order valence-electron chi connectivity index (χ4n) is 4.96. The zero-order valence-corrected chi connectivity index (χ0v) is 22.5. The Morgan fingerprint density at radius 2 is 1.97 bits per heavy atom. The maximum absolute atomic E-state index is 13.7. The van der Waals surface area contributed by atoms with Gasteiger partial charge in [0.2, 0.25) is 5.95 Å². The van der Waals surface area contributed by atoms with Crippen LogP contribution < -0.4 is 25.2 Å². The maximum atomic E-state index is 13.7. The number of methoxy groups -OCH3 is 1. The Kier molecular flexibility index (Phi) is 7.65. The van der Waals surface area contributed by atoms with Crippen LogP contribution in [0.4, 0.5) is 10.7 Å². The molecule has 3 heterocycles. The number of imidazole rings is 1.